The number of hydrogen-bond acceptors (Lipinski definition) is 4. The number of sulfonamides is 1. The van der Waals surface area contributed by atoms with E-state index in [2.05, 4.69) is 6.92 Å². The van der Waals surface area contributed by atoms with Crippen molar-refractivity contribution in [3.8, 4) is 0 Å². The Labute approximate surface area is 107 Å². The van der Waals surface area contributed by atoms with Crippen LogP contribution in [-0.4, -0.2) is 28.3 Å². The van der Waals surface area contributed by atoms with Crippen molar-refractivity contribution in [2.45, 2.75) is 23.1 Å². The third-order valence-corrected chi connectivity index (χ3v) is 4.57. The number of hydrogen-bond donors (Lipinski definition) is 1. The highest BCUT2D eigenvalue weighted by atomic mass is 32.2. The van der Waals surface area contributed by atoms with E-state index in [1.54, 1.807) is 12.1 Å². The lowest BCUT2D eigenvalue weighted by Gasteiger charge is -2.15. The number of thioether (sulfide) groups is 1. The standard InChI is InChI=1S/C11H18N2O2S2/c1-4-7-16-10-8-9(13(2)3)5-6-11(10)17(12,14)15/h5-6,8H,4,7H2,1-3H3,(H2,12,14,15). The average Bonchev–Trinajstić information content (AvgIpc) is 2.24. The van der Waals surface area contributed by atoms with Crippen molar-refractivity contribution in [3.05, 3.63) is 18.2 Å². The molecule has 0 spiro atoms. The maximum atomic E-state index is 11.4. The SMILES string of the molecule is CCCSc1cc(N(C)C)ccc1S(N)(=O)=O. The van der Waals surface area contributed by atoms with E-state index in [4.69, 9.17) is 5.14 Å². The van der Waals surface area contributed by atoms with Crippen molar-refractivity contribution < 1.29 is 8.42 Å². The summed E-state index contributed by atoms with van der Waals surface area (Å²) in [4.78, 5) is 2.87. The van der Waals surface area contributed by atoms with Crippen LogP contribution in [0, 0.1) is 0 Å². The van der Waals surface area contributed by atoms with E-state index in [1.807, 2.05) is 25.1 Å². The molecule has 17 heavy (non-hydrogen) atoms. The Kier molecular flexibility index (Phi) is 4.85. The van der Waals surface area contributed by atoms with E-state index < -0.39 is 10.0 Å². The summed E-state index contributed by atoms with van der Waals surface area (Å²) in [6, 6.07) is 5.19. The molecule has 0 aromatic heterocycles. The van der Waals surface area contributed by atoms with E-state index in [9.17, 15) is 8.42 Å². The van der Waals surface area contributed by atoms with Crippen LogP contribution in [0.4, 0.5) is 5.69 Å². The Morgan fingerprint density at radius 1 is 1.35 bits per heavy atom. The third kappa shape index (κ3) is 3.90. The van der Waals surface area contributed by atoms with Crippen LogP contribution in [0.1, 0.15) is 13.3 Å². The number of primary sulfonamides is 1. The molecule has 0 amide bonds. The van der Waals surface area contributed by atoms with Gasteiger partial charge in [0.15, 0.2) is 0 Å². The number of rotatable bonds is 5. The van der Waals surface area contributed by atoms with E-state index in [-0.39, 0.29) is 4.90 Å². The first kappa shape index (κ1) is 14.3. The third-order valence-electron chi connectivity index (χ3n) is 2.21. The van der Waals surface area contributed by atoms with Gasteiger partial charge in [0.2, 0.25) is 10.0 Å². The zero-order valence-corrected chi connectivity index (χ0v) is 11.9. The van der Waals surface area contributed by atoms with Gasteiger partial charge in [0, 0.05) is 24.7 Å². The quantitative estimate of drug-likeness (QED) is 0.833. The molecule has 1 rings (SSSR count). The van der Waals surface area contributed by atoms with Crippen molar-refractivity contribution in [2.24, 2.45) is 5.14 Å². The summed E-state index contributed by atoms with van der Waals surface area (Å²) in [7, 11) is 0.188. The van der Waals surface area contributed by atoms with Crippen LogP contribution < -0.4 is 10.0 Å². The zero-order chi connectivity index (χ0) is 13.1. The van der Waals surface area contributed by atoms with Gasteiger partial charge < -0.3 is 4.90 Å². The Morgan fingerprint density at radius 2 is 2.00 bits per heavy atom. The summed E-state index contributed by atoms with van der Waals surface area (Å²) in [5.74, 6) is 0.874. The predicted molar refractivity (Wildman–Crippen MR) is 73.2 cm³/mol. The summed E-state index contributed by atoms with van der Waals surface area (Å²) >= 11 is 1.52. The first-order valence-electron chi connectivity index (χ1n) is 5.33. The summed E-state index contributed by atoms with van der Waals surface area (Å²) in [6.45, 7) is 2.05. The molecule has 0 radical (unpaired) electrons. The van der Waals surface area contributed by atoms with Crippen LogP contribution in [0.3, 0.4) is 0 Å². The van der Waals surface area contributed by atoms with Gasteiger partial charge >= 0.3 is 0 Å². The molecule has 0 aliphatic rings. The highest BCUT2D eigenvalue weighted by Crippen LogP contribution is 2.30. The zero-order valence-electron chi connectivity index (χ0n) is 10.3. The highest BCUT2D eigenvalue weighted by molar-refractivity contribution is 8.00. The fraction of sp³-hybridized carbons (Fsp3) is 0.455. The van der Waals surface area contributed by atoms with Crippen LogP contribution >= 0.6 is 11.8 Å². The summed E-state index contributed by atoms with van der Waals surface area (Å²) in [5.41, 5.74) is 0.969. The van der Waals surface area contributed by atoms with Crippen LogP contribution in [0.25, 0.3) is 0 Å². The van der Waals surface area contributed by atoms with E-state index in [1.165, 1.54) is 11.8 Å². The van der Waals surface area contributed by atoms with E-state index in [0.29, 0.717) is 0 Å². The predicted octanol–water partition coefficient (Wildman–Crippen LogP) is 1.90. The fourth-order valence-corrected chi connectivity index (χ4v) is 3.30. The van der Waals surface area contributed by atoms with Gasteiger partial charge in [-0.3, -0.25) is 0 Å². The molecular formula is C11H18N2O2S2. The van der Waals surface area contributed by atoms with Gasteiger partial charge in [0.1, 0.15) is 0 Å². The van der Waals surface area contributed by atoms with Gasteiger partial charge in [-0.2, -0.15) is 0 Å². The smallest absolute Gasteiger partial charge is 0.239 e. The number of benzene rings is 1. The molecular weight excluding hydrogens is 256 g/mol. The summed E-state index contributed by atoms with van der Waals surface area (Å²) < 4.78 is 22.9. The van der Waals surface area contributed by atoms with Crippen molar-refractivity contribution >= 4 is 27.5 Å². The van der Waals surface area contributed by atoms with Crippen molar-refractivity contribution in [3.63, 3.8) is 0 Å². The largest absolute Gasteiger partial charge is 0.378 e. The molecule has 0 aliphatic carbocycles. The lowest BCUT2D eigenvalue weighted by molar-refractivity contribution is 0.596. The Morgan fingerprint density at radius 3 is 2.47 bits per heavy atom. The molecule has 1 aromatic rings. The van der Waals surface area contributed by atoms with Crippen molar-refractivity contribution in [1.29, 1.82) is 0 Å². The van der Waals surface area contributed by atoms with Gasteiger partial charge in [0.05, 0.1) is 4.90 Å². The summed E-state index contributed by atoms with van der Waals surface area (Å²) in [5, 5.41) is 5.20. The van der Waals surface area contributed by atoms with Gasteiger partial charge in [-0.05, 0) is 30.4 Å². The molecule has 0 aliphatic heterocycles. The lowest BCUT2D eigenvalue weighted by atomic mass is 10.3. The van der Waals surface area contributed by atoms with Gasteiger partial charge in [-0.1, -0.05) is 6.92 Å². The highest BCUT2D eigenvalue weighted by Gasteiger charge is 2.15. The van der Waals surface area contributed by atoms with Gasteiger partial charge in [0.25, 0.3) is 0 Å². The first-order valence-corrected chi connectivity index (χ1v) is 7.86. The maximum Gasteiger partial charge on any atom is 0.239 e. The maximum absolute atomic E-state index is 11.4. The summed E-state index contributed by atoms with van der Waals surface area (Å²) in [6.07, 6.45) is 0.987. The molecule has 0 bridgehead atoms. The number of anilines is 1. The van der Waals surface area contributed by atoms with Crippen LogP contribution in [0.5, 0.6) is 0 Å². The van der Waals surface area contributed by atoms with Crippen molar-refractivity contribution in [1.82, 2.24) is 0 Å². The van der Waals surface area contributed by atoms with E-state index >= 15 is 0 Å². The van der Waals surface area contributed by atoms with Crippen LogP contribution in [0.2, 0.25) is 0 Å². The molecule has 0 saturated heterocycles. The van der Waals surface area contributed by atoms with Gasteiger partial charge in [-0.15, -0.1) is 11.8 Å². The van der Waals surface area contributed by atoms with Crippen molar-refractivity contribution in [2.75, 3.05) is 24.7 Å². The molecule has 96 valence electrons. The molecule has 6 heteroatoms. The molecule has 2 N–H and O–H groups in total. The first-order chi connectivity index (χ1) is 7.86. The minimum absolute atomic E-state index is 0.210. The Balaban J connectivity index is 3.22. The van der Waals surface area contributed by atoms with Crippen LogP contribution in [0.15, 0.2) is 28.0 Å². The monoisotopic (exact) mass is 274 g/mol. The Bertz CT molecular complexity index is 484. The molecule has 0 unspecified atom stereocenters. The van der Waals surface area contributed by atoms with Gasteiger partial charge in [-0.25, -0.2) is 13.6 Å². The topological polar surface area (TPSA) is 63.4 Å². The second-order valence-electron chi connectivity index (χ2n) is 3.92. The normalized spacial score (nSPS) is 11.5. The molecule has 0 fully saturated rings. The molecule has 4 nitrogen and oxygen atoms in total. The fourth-order valence-electron chi connectivity index (χ4n) is 1.33. The second kappa shape index (κ2) is 5.75. The minimum Gasteiger partial charge on any atom is -0.378 e. The van der Waals surface area contributed by atoms with E-state index in [0.717, 1.165) is 22.8 Å². The Hall–Kier alpha value is -0.720. The molecule has 0 heterocycles. The molecule has 0 atom stereocenters. The number of nitrogens with zero attached hydrogens (tertiary/aromatic N) is 1. The molecule has 1 aromatic carbocycles. The lowest BCUT2D eigenvalue weighted by Crippen LogP contribution is -2.15. The van der Waals surface area contributed by atoms with Crippen LogP contribution in [-0.2, 0) is 10.0 Å². The second-order valence-corrected chi connectivity index (χ2v) is 6.59. The minimum atomic E-state index is -3.65. The number of nitrogens with two attached hydrogens (primary N) is 1. The molecule has 0 saturated carbocycles. The average molecular weight is 274 g/mol.